The second-order valence-electron chi connectivity index (χ2n) is 4.88. The van der Waals surface area contributed by atoms with Crippen molar-refractivity contribution in [1.29, 1.82) is 0 Å². The lowest BCUT2D eigenvalue weighted by molar-refractivity contribution is -0.115. The Bertz CT molecular complexity index is 659. The molecule has 4 nitrogen and oxygen atoms in total. The van der Waals surface area contributed by atoms with Gasteiger partial charge in [0.15, 0.2) is 0 Å². The Balaban J connectivity index is 1.87. The lowest BCUT2D eigenvalue weighted by Crippen LogP contribution is -2.28. The van der Waals surface area contributed by atoms with E-state index in [2.05, 4.69) is 10.6 Å². The van der Waals surface area contributed by atoms with Gasteiger partial charge in [0.05, 0.1) is 13.7 Å². The molecule has 2 rings (SSSR count). The van der Waals surface area contributed by atoms with E-state index in [9.17, 15) is 4.79 Å². The lowest BCUT2D eigenvalue weighted by atomic mass is 10.2. The molecule has 0 aliphatic carbocycles. The number of benzene rings is 2. The average Bonchev–Trinajstić information content (AvgIpc) is 2.52. The van der Waals surface area contributed by atoms with Crippen molar-refractivity contribution in [2.75, 3.05) is 19.0 Å². The largest absolute Gasteiger partial charge is 0.496 e. The Morgan fingerprint density at radius 1 is 1.18 bits per heavy atom. The van der Waals surface area contributed by atoms with E-state index < -0.39 is 0 Å². The highest BCUT2D eigenvalue weighted by molar-refractivity contribution is 6.31. The van der Waals surface area contributed by atoms with Crippen molar-refractivity contribution in [3.05, 3.63) is 58.6 Å². The first-order valence-electron chi connectivity index (χ1n) is 6.99. The second kappa shape index (κ2) is 7.82. The van der Waals surface area contributed by atoms with E-state index in [4.69, 9.17) is 16.3 Å². The van der Waals surface area contributed by atoms with Gasteiger partial charge in [-0.1, -0.05) is 35.9 Å². The summed E-state index contributed by atoms with van der Waals surface area (Å²) in [5.74, 6) is 0.696. The number of ether oxygens (including phenoxy) is 1. The molecule has 0 saturated carbocycles. The molecule has 0 saturated heterocycles. The van der Waals surface area contributed by atoms with Crippen molar-refractivity contribution in [1.82, 2.24) is 5.32 Å². The van der Waals surface area contributed by atoms with E-state index in [-0.39, 0.29) is 12.5 Å². The molecule has 0 aromatic heterocycles. The van der Waals surface area contributed by atoms with Gasteiger partial charge < -0.3 is 15.4 Å². The maximum atomic E-state index is 12.0. The van der Waals surface area contributed by atoms with E-state index in [0.29, 0.717) is 11.6 Å². The fourth-order valence-electron chi connectivity index (χ4n) is 2.10. The maximum absolute atomic E-state index is 12.0. The topological polar surface area (TPSA) is 50.4 Å². The van der Waals surface area contributed by atoms with Crippen LogP contribution in [0.5, 0.6) is 5.75 Å². The predicted octanol–water partition coefficient (Wildman–Crippen LogP) is 3.39. The third-order valence-electron chi connectivity index (χ3n) is 3.34. The minimum Gasteiger partial charge on any atom is -0.496 e. The van der Waals surface area contributed by atoms with Crippen LogP contribution in [0.1, 0.15) is 11.1 Å². The minimum atomic E-state index is -0.111. The molecule has 2 aromatic rings. The molecule has 2 N–H and O–H groups in total. The molecule has 0 spiro atoms. The number of carbonyl (C=O) groups is 1. The minimum absolute atomic E-state index is 0.111. The maximum Gasteiger partial charge on any atom is 0.238 e. The number of amides is 1. The highest BCUT2D eigenvalue weighted by Crippen LogP contribution is 2.22. The van der Waals surface area contributed by atoms with E-state index >= 15 is 0 Å². The molecule has 0 fully saturated rings. The Morgan fingerprint density at radius 2 is 1.95 bits per heavy atom. The van der Waals surface area contributed by atoms with Crippen LogP contribution in [0.3, 0.4) is 0 Å². The van der Waals surface area contributed by atoms with E-state index in [1.807, 2.05) is 43.3 Å². The van der Waals surface area contributed by atoms with Crippen molar-refractivity contribution >= 4 is 23.2 Å². The van der Waals surface area contributed by atoms with Gasteiger partial charge in [-0.15, -0.1) is 0 Å². The number of methoxy groups -OCH3 is 1. The van der Waals surface area contributed by atoms with Crippen molar-refractivity contribution in [2.24, 2.45) is 0 Å². The SMILES string of the molecule is COc1ccccc1CNCC(=O)Nc1cccc(Cl)c1C. The predicted molar refractivity (Wildman–Crippen MR) is 89.5 cm³/mol. The number of nitrogens with one attached hydrogen (secondary N) is 2. The molecule has 0 atom stereocenters. The number of carbonyl (C=O) groups excluding carboxylic acids is 1. The molecule has 1 amide bonds. The number of hydrogen-bond acceptors (Lipinski definition) is 3. The van der Waals surface area contributed by atoms with Crippen molar-refractivity contribution in [3.63, 3.8) is 0 Å². The van der Waals surface area contributed by atoms with E-state index in [1.165, 1.54) is 0 Å². The van der Waals surface area contributed by atoms with Crippen molar-refractivity contribution < 1.29 is 9.53 Å². The number of halogens is 1. The lowest BCUT2D eigenvalue weighted by Gasteiger charge is -2.11. The van der Waals surface area contributed by atoms with E-state index in [1.54, 1.807) is 13.2 Å². The Labute approximate surface area is 135 Å². The van der Waals surface area contributed by atoms with E-state index in [0.717, 1.165) is 22.6 Å². The summed E-state index contributed by atoms with van der Waals surface area (Å²) in [5.41, 5.74) is 2.61. The van der Waals surface area contributed by atoms with Gasteiger partial charge in [-0.3, -0.25) is 4.79 Å². The summed E-state index contributed by atoms with van der Waals surface area (Å²) in [5, 5.41) is 6.59. The summed E-state index contributed by atoms with van der Waals surface area (Å²) in [4.78, 5) is 12.0. The fraction of sp³-hybridized carbons (Fsp3) is 0.235. The summed E-state index contributed by atoms with van der Waals surface area (Å²) >= 11 is 6.03. The summed E-state index contributed by atoms with van der Waals surface area (Å²) < 4.78 is 5.27. The van der Waals surface area contributed by atoms with Gasteiger partial charge in [0.2, 0.25) is 5.91 Å². The van der Waals surface area contributed by atoms with Gasteiger partial charge in [-0.05, 0) is 30.7 Å². The molecule has 0 aliphatic rings. The summed E-state index contributed by atoms with van der Waals surface area (Å²) in [6.07, 6.45) is 0. The first kappa shape index (κ1) is 16.3. The van der Waals surface area contributed by atoms with Crippen LogP contribution in [0.2, 0.25) is 5.02 Å². The number of rotatable bonds is 6. The van der Waals surface area contributed by atoms with Crippen molar-refractivity contribution in [2.45, 2.75) is 13.5 Å². The zero-order valence-corrected chi connectivity index (χ0v) is 13.4. The van der Waals surface area contributed by atoms with Gasteiger partial charge in [0, 0.05) is 22.8 Å². The number of hydrogen-bond donors (Lipinski definition) is 2. The zero-order chi connectivity index (χ0) is 15.9. The molecule has 0 bridgehead atoms. The van der Waals surface area contributed by atoms with Crippen LogP contribution in [0.25, 0.3) is 0 Å². The highest BCUT2D eigenvalue weighted by Gasteiger charge is 2.07. The molecular formula is C17H19ClN2O2. The van der Waals surface area contributed by atoms with Gasteiger partial charge in [-0.25, -0.2) is 0 Å². The monoisotopic (exact) mass is 318 g/mol. The number of anilines is 1. The molecule has 5 heteroatoms. The third kappa shape index (κ3) is 4.23. The molecule has 0 heterocycles. The first-order chi connectivity index (χ1) is 10.6. The van der Waals surface area contributed by atoms with Crippen LogP contribution >= 0.6 is 11.6 Å². The van der Waals surface area contributed by atoms with Gasteiger partial charge >= 0.3 is 0 Å². The standard InChI is InChI=1S/C17H19ClN2O2/c1-12-14(18)7-5-8-15(12)20-17(21)11-19-10-13-6-3-4-9-16(13)22-2/h3-9,19H,10-11H2,1-2H3,(H,20,21). The highest BCUT2D eigenvalue weighted by atomic mass is 35.5. The third-order valence-corrected chi connectivity index (χ3v) is 3.74. The van der Waals surface area contributed by atoms with Gasteiger partial charge in [0.1, 0.15) is 5.75 Å². The van der Waals surface area contributed by atoms with Crippen LogP contribution in [0.4, 0.5) is 5.69 Å². The first-order valence-corrected chi connectivity index (χ1v) is 7.37. The summed E-state index contributed by atoms with van der Waals surface area (Å²) in [6, 6.07) is 13.2. The molecular weight excluding hydrogens is 300 g/mol. The van der Waals surface area contributed by atoms with Crippen LogP contribution in [0.15, 0.2) is 42.5 Å². The van der Waals surface area contributed by atoms with Crippen molar-refractivity contribution in [3.8, 4) is 5.75 Å². The van der Waals surface area contributed by atoms with Crippen LogP contribution < -0.4 is 15.4 Å². The summed E-state index contributed by atoms with van der Waals surface area (Å²) in [7, 11) is 1.63. The van der Waals surface area contributed by atoms with Gasteiger partial charge in [-0.2, -0.15) is 0 Å². The summed E-state index contributed by atoms with van der Waals surface area (Å²) in [6.45, 7) is 2.65. The van der Waals surface area contributed by atoms with Crippen LogP contribution in [0, 0.1) is 6.92 Å². The van der Waals surface area contributed by atoms with Crippen LogP contribution in [-0.4, -0.2) is 19.6 Å². The molecule has 0 unspecified atom stereocenters. The number of para-hydroxylation sites is 1. The zero-order valence-electron chi connectivity index (χ0n) is 12.7. The Morgan fingerprint density at radius 3 is 2.73 bits per heavy atom. The normalized spacial score (nSPS) is 10.3. The molecule has 2 aromatic carbocycles. The van der Waals surface area contributed by atoms with Crippen LogP contribution in [-0.2, 0) is 11.3 Å². The Kier molecular flexibility index (Phi) is 5.81. The quantitative estimate of drug-likeness (QED) is 0.858. The Hall–Kier alpha value is -2.04. The smallest absolute Gasteiger partial charge is 0.238 e. The van der Waals surface area contributed by atoms with Gasteiger partial charge in [0.25, 0.3) is 0 Å². The fourth-order valence-corrected chi connectivity index (χ4v) is 2.27. The average molecular weight is 319 g/mol. The second-order valence-corrected chi connectivity index (χ2v) is 5.28. The molecule has 116 valence electrons. The molecule has 0 radical (unpaired) electrons. The molecule has 22 heavy (non-hydrogen) atoms. The molecule has 0 aliphatic heterocycles.